The van der Waals surface area contributed by atoms with Crippen LogP contribution >= 0.6 is 26.5 Å². The molecule has 1 aliphatic rings. The van der Waals surface area contributed by atoms with Crippen LogP contribution in [-0.2, 0) is 4.79 Å². The molecule has 0 amide bonds. The summed E-state index contributed by atoms with van der Waals surface area (Å²) in [6, 6.07) is 13.9. The van der Waals surface area contributed by atoms with E-state index >= 15 is 0 Å². The summed E-state index contributed by atoms with van der Waals surface area (Å²) in [7, 11) is -3.11. The van der Waals surface area contributed by atoms with Crippen molar-refractivity contribution in [3.05, 3.63) is 70.4 Å². The molecule has 3 N–H and O–H groups in total. The summed E-state index contributed by atoms with van der Waals surface area (Å²) < 4.78 is 29.4. The normalized spacial score (nSPS) is 19.9. The predicted octanol–water partition coefficient (Wildman–Crippen LogP) is 8.44. The number of benzene rings is 2. The summed E-state index contributed by atoms with van der Waals surface area (Å²) in [4.78, 5) is 11.3. The molecule has 186 valence electrons. The number of carbonyl (C=O) groups is 1. The molecule has 3 rings (SSSR count). The number of fused-ring (bicyclic) bond motifs is 1. The Hall–Kier alpha value is -1.80. The molecule has 1 heterocycles. The molecule has 0 bridgehead atoms. The van der Waals surface area contributed by atoms with Gasteiger partial charge in [-0.3, -0.25) is 9.11 Å². The largest absolute Gasteiger partial charge is 0.478 e. The maximum Gasteiger partial charge on any atom is 0.331 e. The van der Waals surface area contributed by atoms with Crippen LogP contribution in [-0.4, -0.2) is 25.9 Å². The van der Waals surface area contributed by atoms with Crippen LogP contribution in [0.15, 0.2) is 64.2 Å². The molecule has 2 aromatic rings. The first kappa shape index (κ1) is 26.8. The van der Waals surface area contributed by atoms with E-state index in [1.165, 1.54) is 0 Å². The van der Waals surface area contributed by atoms with E-state index in [0.29, 0.717) is 20.9 Å². The SMILES string of the molecule is CCCCC1(CCCC)CC(c2ccccc2)c2cc(Br)c(O/C=C/C(=O)O)cc2S(O)(O)C1. The van der Waals surface area contributed by atoms with Gasteiger partial charge in [-0.1, -0.05) is 69.9 Å². The van der Waals surface area contributed by atoms with Crippen molar-refractivity contribution in [3.63, 3.8) is 0 Å². The van der Waals surface area contributed by atoms with Gasteiger partial charge < -0.3 is 9.84 Å². The number of aliphatic carboxylic acids is 1. The van der Waals surface area contributed by atoms with Gasteiger partial charge in [0.15, 0.2) is 0 Å². The molecule has 5 nitrogen and oxygen atoms in total. The summed E-state index contributed by atoms with van der Waals surface area (Å²) in [6.07, 6.45) is 9.01. The van der Waals surface area contributed by atoms with E-state index in [4.69, 9.17) is 9.84 Å². The number of unbranched alkanes of at least 4 members (excludes halogenated alkanes) is 2. The highest BCUT2D eigenvalue weighted by molar-refractivity contribution is 9.10. The van der Waals surface area contributed by atoms with Gasteiger partial charge in [0.2, 0.25) is 0 Å². The second kappa shape index (κ2) is 11.8. The average molecular weight is 552 g/mol. The van der Waals surface area contributed by atoms with Crippen LogP contribution in [0.5, 0.6) is 5.75 Å². The lowest BCUT2D eigenvalue weighted by atomic mass is 9.70. The van der Waals surface area contributed by atoms with Crippen molar-refractivity contribution < 1.29 is 23.7 Å². The lowest BCUT2D eigenvalue weighted by molar-refractivity contribution is -0.131. The third-order valence-electron chi connectivity index (χ3n) is 6.67. The zero-order valence-electron chi connectivity index (χ0n) is 19.9. The van der Waals surface area contributed by atoms with Gasteiger partial charge >= 0.3 is 5.97 Å². The molecule has 0 saturated carbocycles. The number of carboxylic acid groups (broad SMARTS) is 1. The van der Waals surface area contributed by atoms with E-state index < -0.39 is 16.6 Å². The van der Waals surface area contributed by atoms with Crippen LogP contribution in [0.1, 0.15) is 75.8 Å². The molecule has 34 heavy (non-hydrogen) atoms. The smallest absolute Gasteiger partial charge is 0.331 e. The number of carboxylic acids is 1. The van der Waals surface area contributed by atoms with Gasteiger partial charge in [-0.05, 0) is 57.8 Å². The minimum atomic E-state index is -3.11. The van der Waals surface area contributed by atoms with E-state index in [1.54, 1.807) is 6.07 Å². The number of hydrogen-bond donors (Lipinski definition) is 3. The fourth-order valence-electron chi connectivity index (χ4n) is 5.03. The van der Waals surface area contributed by atoms with Crippen LogP contribution in [0, 0.1) is 5.41 Å². The van der Waals surface area contributed by atoms with Crippen molar-refractivity contribution in [2.45, 2.75) is 69.6 Å². The molecule has 7 heteroatoms. The van der Waals surface area contributed by atoms with E-state index in [9.17, 15) is 13.9 Å². The standard InChI is InChI=1S/C27H35BrO5S/c1-3-5-13-27(14-6-4-2)18-22(20-10-8-7-9-11-20)21-16-23(28)24(33-15-12-26(29)30)17-25(21)34(31,32)19-27/h7-12,15-17,22,31-32H,3-6,13-14,18-19H2,1-2H3,(H,29,30)/b15-12+. The lowest BCUT2D eigenvalue weighted by Gasteiger charge is -2.42. The maximum absolute atomic E-state index is 11.6. The Morgan fingerprint density at radius 2 is 1.79 bits per heavy atom. The van der Waals surface area contributed by atoms with E-state index in [-0.39, 0.29) is 11.3 Å². The molecule has 0 aliphatic carbocycles. The Bertz CT molecular complexity index is 998. The second-order valence-corrected chi connectivity index (χ2v) is 12.2. The molecule has 0 aromatic heterocycles. The Labute approximate surface area is 212 Å². The summed E-state index contributed by atoms with van der Waals surface area (Å²) in [5, 5.41) is 8.88. The van der Waals surface area contributed by atoms with Crippen LogP contribution in [0.4, 0.5) is 0 Å². The van der Waals surface area contributed by atoms with Crippen LogP contribution in [0.3, 0.4) is 0 Å². The minimum Gasteiger partial charge on any atom is -0.478 e. The van der Waals surface area contributed by atoms with Crippen molar-refractivity contribution in [2.75, 3.05) is 5.75 Å². The van der Waals surface area contributed by atoms with Gasteiger partial charge in [0, 0.05) is 17.7 Å². The lowest BCUT2D eigenvalue weighted by Crippen LogP contribution is -2.29. The number of halogens is 1. The number of ether oxygens (including phenoxy) is 1. The van der Waals surface area contributed by atoms with Gasteiger partial charge in [0.1, 0.15) is 5.75 Å². The average Bonchev–Trinajstić information content (AvgIpc) is 2.89. The summed E-state index contributed by atoms with van der Waals surface area (Å²) >= 11 is 3.56. The Morgan fingerprint density at radius 3 is 2.38 bits per heavy atom. The van der Waals surface area contributed by atoms with Crippen LogP contribution in [0.2, 0.25) is 0 Å². The van der Waals surface area contributed by atoms with Crippen LogP contribution in [0.25, 0.3) is 0 Å². The first-order valence-electron chi connectivity index (χ1n) is 11.9. The molecule has 0 saturated heterocycles. The zero-order valence-corrected chi connectivity index (χ0v) is 22.3. The highest BCUT2D eigenvalue weighted by Gasteiger charge is 2.43. The molecule has 1 aliphatic heterocycles. The summed E-state index contributed by atoms with van der Waals surface area (Å²) in [5.74, 6) is -0.408. The Balaban J connectivity index is 2.17. The zero-order chi connectivity index (χ0) is 24.8. The van der Waals surface area contributed by atoms with Crippen molar-refractivity contribution in [2.24, 2.45) is 5.41 Å². The van der Waals surface area contributed by atoms with Crippen molar-refractivity contribution in [3.8, 4) is 5.75 Å². The van der Waals surface area contributed by atoms with E-state index in [1.807, 2.05) is 24.3 Å². The number of hydrogen-bond acceptors (Lipinski definition) is 4. The van der Waals surface area contributed by atoms with Gasteiger partial charge in [-0.2, -0.15) is 10.6 Å². The van der Waals surface area contributed by atoms with Gasteiger partial charge in [0.05, 0.1) is 21.7 Å². The quantitative estimate of drug-likeness (QED) is 0.204. The van der Waals surface area contributed by atoms with Crippen molar-refractivity contribution >= 4 is 32.5 Å². The van der Waals surface area contributed by atoms with E-state index in [0.717, 1.165) is 68.4 Å². The highest BCUT2D eigenvalue weighted by atomic mass is 79.9. The molecular formula is C27H35BrO5S. The van der Waals surface area contributed by atoms with E-state index in [2.05, 4.69) is 41.9 Å². The third kappa shape index (κ3) is 6.45. The molecule has 0 radical (unpaired) electrons. The number of rotatable bonds is 10. The van der Waals surface area contributed by atoms with Gasteiger partial charge in [-0.25, -0.2) is 4.79 Å². The Morgan fingerprint density at radius 1 is 1.15 bits per heavy atom. The first-order chi connectivity index (χ1) is 16.2. The second-order valence-electron chi connectivity index (χ2n) is 9.26. The van der Waals surface area contributed by atoms with Crippen molar-refractivity contribution in [1.29, 1.82) is 0 Å². The predicted molar refractivity (Wildman–Crippen MR) is 142 cm³/mol. The molecule has 0 spiro atoms. The van der Waals surface area contributed by atoms with Gasteiger partial charge in [-0.15, -0.1) is 0 Å². The first-order valence-corrected chi connectivity index (χ1v) is 14.4. The highest BCUT2D eigenvalue weighted by Crippen LogP contribution is 2.63. The third-order valence-corrected chi connectivity index (χ3v) is 9.36. The fraction of sp³-hybridized carbons (Fsp3) is 0.444. The molecule has 0 fully saturated rings. The van der Waals surface area contributed by atoms with Gasteiger partial charge in [0.25, 0.3) is 0 Å². The molecule has 2 aromatic carbocycles. The van der Waals surface area contributed by atoms with Crippen molar-refractivity contribution in [1.82, 2.24) is 0 Å². The summed E-state index contributed by atoms with van der Waals surface area (Å²) in [5.41, 5.74) is 1.87. The monoisotopic (exact) mass is 550 g/mol. The Kier molecular flexibility index (Phi) is 9.27. The van der Waals surface area contributed by atoms with Crippen LogP contribution < -0.4 is 4.74 Å². The topological polar surface area (TPSA) is 87.0 Å². The minimum absolute atomic E-state index is 0.0125. The summed E-state index contributed by atoms with van der Waals surface area (Å²) in [6.45, 7) is 4.36. The maximum atomic E-state index is 11.6. The molecule has 1 atom stereocenters. The molecule has 1 unspecified atom stereocenters. The molecular weight excluding hydrogens is 516 g/mol. The fourth-order valence-corrected chi connectivity index (χ4v) is 7.77.